The Morgan fingerprint density at radius 3 is 2.25 bits per heavy atom. The molecule has 1 atom stereocenters. The molecule has 0 aromatic carbocycles. The van der Waals surface area contributed by atoms with E-state index in [1.807, 2.05) is 0 Å². The second-order valence-corrected chi connectivity index (χ2v) is 6.11. The summed E-state index contributed by atoms with van der Waals surface area (Å²) in [6, 6.07) is -1.22. The van der Waals surface area contributed by atoms with Crippen LogP contribution in [-0.4, -0.2) is 54.3 Å². The van der Waals surface area contributed by atoms with Crippen molar-refractivity contribution in [1.29, 1.82) is 0 Å². The Kier molecular flexibility index (Phi) is 9.44. The van der Waals surface area contributed by atoms with Gasteiger partial charge in [-0.15, -0.1) is 0 Å². The van der Waals surface area contributed by atoms with E-state index in [0.29, 0.717) is 6.42 Å². The van der Waals surface area contributed by atoms with Gasteiger partial charge in [0.15, 0.2) is 0 Å². The molecule has 0 fully saturated rings. The number of hydrogen-bond donors (Lipinski definition) is 3. The van der Waals surface area contributed by atoms with Gasteiger partial charge in [-0.2, -0.15) is 0 Å². The van der Waals surface area contributed by atoms with Gasteiger partial charge in [-0.05, 0) is 33.6 Å². The molecule has 2 amide bonds. The molecule has 0 heterocycles. The molecule has 138 valence electrons. The van der Waals surface area contributed by atoms with Gasteiger partial charge < -0.3 is 25.2 Å². The van der Waals surface area contributed by atoms with Crippen molar-refractivity contribution in [2.45, 2.75) is 58.1 Å². The number of carboxylic acid groups (broad SMARTS) is 1. The molecule has 3 N–H and O–H groups in total. The minimum absolute atomic E-state index is 0.0720. The maximum atomic E-state index is 11.6. The molecule has 0 aliphatic heterocycles. The molecule has 0 rings (SSSR count). The number of carbonyl (C=O) groups is 4. The summed E-state index contributed by atoms with van der Waals surface area (Å²) in [6.07, 6.45) is -0.387. The lowest BCUT2D eigenvalue weighted by Crippen LogP contribution is -2.44. The Labute approximate surface area is 141 Å². The summed E-state index contributed by atoms with van der Waals surface area (Å²) in [6.45, 7) is 5.25. The number of alkyl carbamates (subject to hydrolysis) is 1. The van der Waals surface area contributed by atoms with Gasteiger partial charge in [-0.25, -0.2) is 9.59 Å². The fraction of sp³-hybridized carbons (Fsp3) is 0.733. The lowest BCUT2D eigenvalue weighted by molar-refractivity contribution is -0.141. The zero-order chi connectivity index (χ0) is 18.8. The molecule has 9 heteroatoms. The average Bonchev–Trinajstić information content (AvgIpc) is 2.45. The van der Waals surface area contributed by atoms with Crippen LogP contribution in [-0.2, 0) is 23.9 Å². The lowest BCUT2D eigenvalue weighted by atomic mass is 10.1. The average molecular weight is 346 g/mol. The van der Waals surface area contributed by atoms with Gasteiger partial charge in [-0.1, -0.05) is 0 Å². The highest BCUT2D eigenvalue weighted by atomic mass is 16.6. The van der Waals surface area contributed by atoms with Crippen molar-refractivity contribution in [3.8, 4) is 0 Å². The van der Waals surface area contributed by atoms with E-state index in [-0.39, 0.29) is 37.7 Å². The van der Waals surface area contributed by atoms with Crippen LogP contribution in [0.4, 0.5) is 4.79 Å². The predicted molar refractivity (Wildman–Crippen MR) is 84.3 cm³/mol. The Bertz CT molecular complexity index is 457. The van der Waals surface area contributed by atoms with Crippen LogP contribution in [0.25, 0.3) is 0 Å². The van der Waals surface area contributed by atoms with E-state index in [4.69, 9.17) is 9.84 Å². The van der Waals surface area contributed by atoms with Crippen molar-refractivity contribution in [1.82, 2.24) is 10.6 Å². The van der Waals surface area contributed by atoms with E-state index in [1.165, 1.54) is 7.11 Å². The number of methoxy groups -OCH3 is 1. The number of ether oxygens (including phenoxy) is 2. The fourth-order valence-corrected chi connectivity index (χ4v) is 1.63. The van der Waals surface area contributed by atoms with E-state index in [1.54, 1.807) is 20.8 Å². The quantitative estimate of drug-likeness (QED) is 0.416. The minimum atomic E-state index is -1.25. The van der Waals surface area contributed by atoms with Crippen molar-refractivity contribution in [2.24, 2.45) is 0 Å². The molecule has 9 nitrogen and oxygen atoms in total. The van der Waals surface area contributed by atoms with Gasteiger partial charge in [0.2, 0.25) is 5.91 Å². The summed E-state index contributed by atoms with van der Waals surface area (Å²) < 4.78 is 9.44. The molecule has 0 aromatic heterocycles. The second kappa shape index (κ2) is 10.5. The van der Waals surface area contributed by atoms with Crippen molar-refractivity contribution in [3.05, 3.63) is 0 Å². The van der Waals surface area contributed by atoms with Crippen molar-refractivity contribution < 1.29 is 33.8 Å². The highest BCUT2D eigenvalue weighted by molar-refractivity contribution is 5.81. The Morgan fingerprint density at radius 2 is 1.75 bits per heavy atom. The number of nitrogens with one attached hydrogen (secondary N) is 2. The third kappa shape index (κ3) is 11.3. The van der Waals surface area contributed by atoms with Crippen LogP contribution >= 0.6 is 0 Å². The standard InChI is InChI=1S/C15H26N2O7/c1-15(2,3)24-14(22)17-10(13(20)21)7-8-11(18)16-9-5-6-12(19)23-4/h10H,5-9H2,1-4H3,(H,16,18)(H,17,22)(H,20,21)/t10-/m0/s1. The topological polar surface area (TPSA) is 131 Å². The molecular formula is C15H26N2O7. The van der Waals surface area contributed by atoms with E-state index in [2.05, 4.69) is 15.4 Å². The number of esters is 1. The van der Waals surface area contributed by atoms with Crippen LogP contribution in [0.2, 0.25) is 0 Å². The number of amides is 2. The highest BCUT2D eigenvalue weighted by Gasteiger charge is 2.24. The van der Waals surface area contributed by atoms with Crippen LogP contribution in [0.1, 0.15) is 46.5 Å². The van der Waals surface area contributed by atoms with Crippen molar-refractivity contribution >= 4 is 23.9 Å². The fourth-order valence-electron chi connectivity index (χ4n) is 1.63. The summed E-state index contributed by atoms with van der Waals surface area (Å²) in [4.78, 5) is 45.2. The molecule has 0 aliphatic rings. The summed E-state index contributed by atoms with van der Waals surface area (Å²) in [5.74, 6) is -1.98. The van der Waals surface area contributed by atoms with Gasteiger partial charge in [-0.3, -0.25) is 9.59 Å². The third-order valence-corrected chi connectivity index (χ3v) is 2.76. The molecular weight excluding hydrogens is 320 g/mol. The molecule has 0 saturated heterocycles. The van der Waals surface area contributed by atoms with Crippen molar-refractivity contribution in [3.63, 3.8) is 0 Å². The molecule has 0 bridgehead atoms. The van der Waals surface area contributed by atoms with Crippen LogP contribution < -0.4 is 10.6 Å². The monoisotopic (exact) mass is 346 g/mol. The summed E-state index contributed by atoms with van der Waals surface area (Å²) in [7, 11) is 1.28. The number of carboxylic acids is 1. The van der Waals surface area contributed by atoms with Crippen LogP contribution in [0, 0.1) is 0 Å². The van der Waals surface area contributed by atoms with E-state index in [0.717, 1.165) is 0 Å². The Morgan fingerprint density at radius 1 is 1.12 bits per heavy atom. The van der Waals surface area contributed by atoms with Gasteiger partial charge in [0.25, 0.3) is 0 Å². The number of rotatable bonds is 9. The first-order valence-corrected chi connectivity index (χ1v) is 7.61. The molecule has 0 aliphatic carbocycles. The largest absolute Gasteiger partial charge is 0.480 e. The zero-order valence-electron chi connectivity index (χ0n) is 14.5. The van der Waals surface area contributed by atoms with E-state index in [9.17, 15) is 19.2 Å². The molecule has 0 aromatic rings. The zero-order valence-corrected chi connectivity index (χ0v) is 14.5. The number of aliphatic carboxylic acids is 1. The SMILES string of the molecule is COC(=O)CCCNC(=O)CC[C@H](NC(=O)OC(C)(C)C)C(=O)O. The summed E-state index contributed by atoms with van der Waals surface area (Å²) in [5.41, 5.74) is -0.746. The normalized spacial score (nSPS) is 12.0. The molecule has 0 spiro atoms. The molecule has 0 unspecified atom stereocenters. The van der Waals surface area contributed by atoms with E-state index >= 15 is 0 Å². The summed E-state index contributed by atoms with van der Waals surface area (Å²) in [5, 5.41) is 13.9. The maximum absolute atomic E-state index is 11.6. The Balaban J connectivity index is 4.16. The van der Waals surface area contributed by atoms with Gasteiger partial charge >= 0.3 is 18.0 Å². The molecule has 24 heavy (non-hydrogen) atoms. The van der Waals surface area contributed by atoms with Gasteiger partial charge in [0.1, 0.15) is 11.6 Å². The first kappa shape index (κ1) is 21.7. The third-order valence-electron chi connectivity index (χ3n) is 2.76. The number of hydrogen-bond acceptors (Lipinski definition) is 6. The second-order valence-electron chi connectivity index (χ2n) is 6.11. The summed E-state index contributed by atoms with van der Waals surface area (Å²) >= 11 is 0. The smallest absolute Gasteiger partial charge is 0.408 e. The van der Waals surface area contributed by atoms with Crippen LogP contribution in [0.5, 0.6) is 0 Å². The van der Waals surface area contributed by atoms with Crippen LogP contribution in [0.15, 0.2) is 0 Å². The van der Waals surface area contributed by atoms with Gasteiger partial charge in [0.05, 0.1) is 7.11 Å². The first-order chi connectivity index (χ1) is 11.0. The number of carbonyl (C=O) groups excluding carboxylic acids is 3. The molecule has 0 radical (unpaired) electrons. The molecule has 0 saturated carbocycles. The van der Waals surface area contributed by atoms with E-state index < -0.39 is 23.7 Å². The predicted octanol–water partition coefficient (Wildman–Crippen LogP) is 0.814. The van der Waals surface area contributed by atoms with Crippen molar-refractivity contribution in [2.75, 3.05) is 13.7 Å². The van der Waals surface area contributed by atoms with Crippen LogP contribution in [0.3, 0.4) is 0 Å². The Hall–Kier alpha value is -2.32. The maximum Gasteiger partial charge on any atom is 0.408 e. The van der Waals surface area contributed by atoms with Gasteiger partial charge in [0, 0.05) is 19.4 Å². The minimum Gasteiger partial charge on any atom is -0.480 e. The lowest BCUT2D eigenvalue weighted by Gasteiger charge is -2.21. The highest BCUT2D eigenvalue weighted by Crippen LogP contribution is 2.08. The first-order valence-electron chi connectivity index (χ1n) is 7.61.